The van der Waals surface area contributed by atoms with Crippen LogP contribution in [-0.2, 0) is 9.53 Å². The number of ether oxygens (including phenoxy) is 1. The van der Waals surface area contributed by atoms with E-state index in [4.69, 9.17) is 4.74 Å². The molecule has 1 saturated carbocycles. The smallest absolute Gasteiger partial charge is 0.242 e. The molecule has 25 heavy (non-hydrogen) atoms. The van der Waals surface area contributed by atoms with Crippen LogP contribution >= 0.6 is 24.0 Å². The highest BCUT2D eigenvalue weighted by atomic mass is 127. The van der Waals surface area contributed by atoms with E-state index >= 15 is 0 Å². The van der Waals surface area contributed by atoms with Crippen molar-refractivity contribution in [3.8, 4) is 0 Å². The number of carbonyl (C=O) groups is 1. The molecular weight excluding hydrogens is 431 g/mol. The van der Waals surface area contributed by atoms with Gasteiger partial charge in [0.2, 0.25) is 5.91 Å². The minimum Gasteiger partial charge on any atom is -0.378 e. The minimum absolute atomic E-state index is 0. The van der Waals surface area contributed by atoms with Crippen molar-refractivity contribution in [3.63, 3.8) is 0 Å². The summed E-state index contributed by atoms with van der Waals surface area (Å²) < 4.78 is 5.87. The first kappa shape index (κ1) is 24.4. The van der Waals surface area contributed by atoms with Crippen LogP contribution in [0.5, 0.6) is 0 Å². The zero-order valence-corrected chi connectivity index (χ0v) is 18.8. The van der Waals surface area contributed by atoms with Gasteiger partial charge >= 0.3 is 0 Å². The maximum atomic E-state index is 12.2. The van der Waals surface area contributed by atoms with Crippen molar-refractivity contribution in [3.05, 3.63) is 0 Å². The quantitative estimate of drug-likeness (QED) is 0.232. The summed E-state index contributed by atoms with van der Waals surface area (Å²) in [7, 11) is 1.91. The Morgan fingerprint density at radius 2 is 1.84 bits per heavy atom. The highest BCUT2D eigenvalue weighted by Gasteiger charge is 2.16. The van der Waals surface area contributed by atoms with Gasteiger partial charge in [-0.15, -0.1) is 24.0 Å². The number of hydrogen-bond acceptors (Lipinski definition) is 3. The van der Waals surface area contributed by atoms with Crippen LogP contribution in [0.2, 0.25) is 0 Å². The Bertz CT molecular complexity index is 383. The minimum atomic E-state index is 0. The molecule has 0 radical (unpaired) electrons. The maximum Gasteiger partial charge on any atom is 0.242 e. The first-order valence-electron chi connectivity index (χ1n) is 9.51. The largest absolute Gasteiger partial charge is 0.378 e. The molecule has 0 heterocycles. The van der Waals surface area contributed by atoms with E-state index in [9.17, 15) is 4.79 Å². The number of guanidine groups is 1. The Hall–Kier alpha value is -0.570. The van der Waals surface area contributed by atoms with Gasteiger partial charge in [0.05, 0.1) is 12.6 Å². The second-order valence-electron chi connectivity index (χ2n) is 6.29. The third-order valence-corrected chi connectivity index (χ3v) is 4.40. The molecule has 1 fully saturated rings. The maximum absolute atomic E-state index is 12.2. The molecule has 0 aromatic heterocycles. The van der Waals surface area contributed by atoms with Crippen molar-refractivity contribution in [2.24, 2.45) is 4.99 Å². The van der Waals surface area contributed by atoms with Crippen molar-refractivity contribution in [1.29, 1.82) is 0 Å². The SMILES string of the molecule is CCNC(=NCCCOC1CCCC1)N(C)CC(=O)N(CC)CC.I. The van der Waals surface area contributed by atoms with Crippen LogP contribution in [0, 0.1) is 0 Å². The summed E-state index contributed by atoms with van der Waals surface area (Å²) >= 11 is 0. The van der Waals surface area contributed by atoms with Gasteiger partial charge in [-0.3, -0.25) is 9.79 Å². The van der Waals surface area contributed by atoms with Crippen LogP contribution in [0.3, 0.4) is 0 Å². The summed E-state index contributed by atoms with van der Waals surface area (Å²) in [6, 6.07) is 0. The molecule has 1 rings (SSSR count). The first-order valence-corrected chi connectivity index (χ1v) is 9.51. The molecule has 0 aliphatic heterocycles. The summed E-state index contributed by atoms with van der Waals surface area (Å²) in [5.74, 6) is 0.927. The lowest BCUT2D eigenvalue weighted by Crippen LogP contribution is -2.45. The van der Waals surface area contributed by atoms with E-state index in [2.05, 4.69) is 10.3 Å². The monoisotopic (exact) mass is 468 g/mol. The fourth-order valence-electron chi connectivity index (χ4n) is 2.98. The summed E-state index contributed by atoms with van der Waals surface area (Å²) in [5.41, 5.74) is 0. The molecule has 0 aromatic carbocycles. The number of hydrogen-bond donors (Lipinski definition) is 1. The van der Waals surface area contributed by atoms with Crippen molar-refractivity contribution in [1.82, 2.24) is 15.1 Å². The van der Waals surface area contributed by atoms with Crippen LogP contribution in [0.25, 0.3) is 0 Å². The lowest BCUT2D eigenvalue weighted by Gasteiger charge is -2.25. The molecule has 1 aliphatic rings. The standard InChI is InChI=1S/C18H36N4O2.HI/c1-5-19-18(21(4)15-17(23)22(6-2)7-3)20-13-10-14-24-16-11-8-9-12-16;/h16H,5-15H2,1-4H3,(H,19,20);1H. The number of amides is 1. The third kappa shape index (κ3) is 9.63. The van der Waals surface area contributed by atoms with E-state index in [-0.39, 0.29) is 29.9 Å². The van der Waals surface area contributed by atoms with Crippen molar-refractivity contribution >= 4 is 35.8 Å². The molecule has 0 spiro atoms. The molecular formula is C18H37IN4O2. The normalized spacial score (nSPS) is 15.0. The molecule has 0 saturated heterocycles. The summed E-state index contributed by atoms with van der Waals surface area (Å²) in [6.45, 7) is 10.2. The van der Waals surface area contributed by atoms with Gasteiger partial charge in [-0.1, -0.05) is 12.8 Å². The number of rotatable bonds is 10. The Balaban J connectivity index is 0.00000576. The Morgan fingerprint density at radius 3 is 2.40 bits per heavy atom. The Kier molecular flexibility index (Phi) is 14.3. The molecule has 0 atom stereocenters. The Morgan fingerprint density at radius 1 is 1.20 bits per heavy atom. The number of halogens is 1. The predicted octanol–water partition coefficient (Wildman–Crippen LogP) is 2.72. The van der Waals surface area contributed by atoms with Crippen LogP contribution < -0.4 is 5.32 Å². The molecule has 0 unspecified atom stereocenters. The number of nitrogens with one attached hydrogen (secondary N) is 1. The topological polar surface area (TPSA) is 57.2 Å². The average Bonchev–Trinajstić information content (AvgIpc) is 3.08. The second-order valence-corrected chi connectivity index (χ2v) is 6.29. The predicted molar refractivity (Wildman–Crippen MR) is 115 cm³/mol. The van der Waals surface area contributed by atoms with Crippen LogP contribution in [0.4, 0.5) is 0 Å². The van der Waals surface area contributed by atoms with Gasteiger partial charge in [0, 0.05) is 39.8 Å². The lowest BCUT2D eigenvalue weighted by atomic mass is 10.3. The van der Waals surface area contributed by atoms with E-state index in [1.165, 1.54) is 25.7 Å². The molecule has 0 bridgehead atoms. The Labute approximate surface area is 170 Å². The van der Waals surface area contributed by atoms with Crippen LogP contribution in [-0.4, -0.2) is 74.1 Å². The zero-order chi connectivity index (χ0) is 17.8. The van der Waals surface area contributed by atoms with E-state index in [1.54, 1.807) is 0 Å². The molecule has 0 aromatic rings. The summed E-state index contributed by atoms with van der Waals surface area (Å²) in [6.07, 6.45) is 6.42. The molecule has 148 valence electrons. The number of likely N-dealkylation sites (N-methyl/N-ethyl adjacent to an activating group) is 2. The van der Waals surface area contributed by atoms with Crippen molar-refractivity contribution in [2.75, 3.05) is 46.4 Å². The first-order chi connectivity index (χ1) is 11.6. The third-order valence-electron chi connectivity index (χ3n) is 4.40. The zero-order valence-electron chi connectivity index (χ0n) is 16.4. The van der Waals surface area contributed by atoms with Gasteiger partial charge in [0.25, 0.3) is 0 Å². The van der Waals surface area contributed by atoms with Gasteiger partial charge in [-0.05, 0) is 40.0 Å². The van der Waals surface area contributed by atoms with Crippen LogP contribution in [0.15, 0.2) is 4.99 Å². The van der Waals surface area contributed by atoms with E-state index in [0.29, 0.717) is 12.6 Å². The number of nitrogens with zero attached hydrogens (tertiary/aromatic N) is 3. The van der Waals surface area contributed by atoms with Crippen LogP contribution in [0.1, 0.15) is 52.9 Å². The number of aliphatic imine (C=N–C) groups is 1. The number of carbonyl (C=O) groups excluding carboxylic acids is 1. The van der Waals surface area contributed by atoms with Crippen molar-refractivity contribution < 1.29 is 9.53 Å². The molecule has 1 amide bonds. The molecule has 1 aliphatic carbocycles. The highest BCUT2D eigenvalue weighted by Crippen LogP contribution is 2.20. The molecule has 6 nitrogen and oxygen atoms in total. The van der Waals surface area contributed by atoms with Crippen molar-refractivity contribution in [2.45, 2.75) is 59.0 Å². The lowest BCUT2D eigenvalue weighted by molar-refractivity contribution is -0.131. The van der Waals surface area contributed by atoms with Gasteiger partial charge in [-0.2, -0.15) is 0 Å². The summed E-state index contributed by atoms with van der Waals surface area (Å²) in [4.78, 5) is 20.6. The average molecular weight is 468 g/mol. The highest BCUT2D eigenvalue weighted by molar-refractivity contribution is 14.0. The van der Waals surface area contributed by atoms with Gasteiger partial charge in [0.15, 0.2) is 5.96 Å². The second kappa shape index (κ2) is 14.6. The molecule has 1 N–H and O–H groups in total. The van der Waals surface area contributed by atoms with E-state index in [1.807, 2.05) is 37.6 Å². The fourth-order valence-corrected chi connectivity index (χ4v) is 2.98. The van der Waals surface area contributed by atoms with Gasteiger partial charge < -0.3 is 19.9 Å². The van der Waals surface area contributed by atoms with Gasteiger partial charge in [0.1, 0.15) is 0 Å². The summed E-state index contributed by atoms with van der Waals surface area (Å²) in [5, 5.41) is 3.26. The van der Waals surface area contributed by atoms with Gasteiger partial charge in [-0.25, -0.2) is 0 Å². The van der Waals surface area contributed by atoms with E-state index in [0.717, 1.165) is 45.2 Å². The molecule has 7 heteroatoms. The fraction of sp³-hybridized carbons (Fsp3) is 0.889. The van der Waals surface area contributed by atoms with E-state index < -0.39 is 0 Å².